The summed E-state index contributed by atoms with van der Waals surface area (Å²) in [5.41, 5.74) is 6.32. The van der Waals surface area contributed by atoms with E-state index in [2.05, 4.69) is 20.5 Å². The number of aromatic nitrogens is 4. The molecule has 2 rings (SSSR count). The van der Waals surface area contributed by atoms with Crippen LogP contribution in [-0.4, -0.2) is 32.8 Å². The van der Waals surface area contributed by atoms with Gasteiger partial charge >= 0.3 is 5.97 Å². The van der Waals surface area contributed by atoms with Gasteiger partial charge < -0.3 is 20.4 Å². The number of ether oxygens (including phenoxy) is 1. The van der Waals surface area contributed by atoms with Crippen molar-refractivity contribution in [3.05, 3.63) is 30.0 Å². The van der Waals surface area contributed by atoms with E-state index < -0.39 is 5.97 Å². The van der Waals surface area contributed by atoms with Crippen LogP contribution in [0.25, 0.3) is 0 Å². The lowest BCUT2D eigenvalue weighted by atomic mass is 10.2. The van der Waals surface area contributed by atoms with Crippen LogP contribution in [0.1, 0.15) is 29.1 Å². The molecule has 106 valence electrons. The second-order valence-electron chi connectivity index (χ2n) is 4.32. The number of nitrogens with zero attached hydrogens (tertiary/aromatic N) is 4. The fourth-order valence-electron chi connectivity index (χ4n) is 1.82. The van der Waals surface area contributed by atoms with Gasteiger partial charge in [-0.1, -0.05) is 0 Å². The Labute approximate surface area is 116 Å². The average molecular weight is 276 g/mol. The van der Waals surface area contributed by atoms with Crippen LogP contribution in [0.4, 0.5) is 11.5 Å². The van der Waals surface area contributed by atoms with Gasteiger partial charge in [0.25, 0.3) is 0 Å². The van der Waals surface area contributed by atoms with Crippen LogP contribution in [0.2, 0.25) is 0 Å². The SMILES string of the molecule is COC(=O)c1cc(N)cnc1NC(C)c1nncn1C. The molecule has 2 heterocycles. The number of rotatable bonds is 4. The van der Waals surface area contributed by atoms with Gasteiger partial charge in [0.2, 0.25) is 0 Å². The largest absolute Gasteiger partial charge is 0.465 e. The second kappa shape index (κ2) is 5.55. The van der Waals surface area contributed by atoms with Crippen LogP contribution in [0.15, 0.2) is 18.6 Å². The lowest BCUT2D eigenvalue weighted by Crippen LogP contribution is -2.16. The molecule has 0 aliphatic rings. The third-order valence-electron chi connectivity index (χ3n) is 2.80. The van der Waals surface area contributed by atoms with Crippen molar-refractivity contribution < 1.29 is 9.53 Å². The van der Waals surface area contributed by atoms with Crippen molar-refractivity contribution in [2.45, 2.75) is 13.0 Å². The number of esters is 1. The zero-order chi connectivity index (χ0) is 14.7. The molecule has 0 aromatic carbocycles. The predicted octanol–water partition coefficient (Wildman–Crippen LogP) is 0.752. The molecule has 2 aromatic heterocycles. The number of carbonyl (C=O) groups is 1. The molecule has 0 saturated heterocycles. The van der Waals surface area contributed by atoms with Gasteiger partial charge in [-0.25, -0.2) is 9.78 Å². The standard InChI is InChI=1S/C12H16N6O2/c1-7(11-17-15-6-18(11)2)16-10-9(12(19)20-3)4-8(13)5-14-10/h4-7H,13H2,1-3H3,(H,14,16). The van der Waals surface area contributed by atoms with Crippen LogP contribution >= 0.6 is 0 Å². The Bertz CT molecular complexity index is 624. The quantitative estimate of drug-likeness (QED) is 0.793. The fourth-order valence-corrected chi connectivity index (χ4v) is 1.82. The summed E-state index contributed by atoms with van der Waals surface area (Å²) in [4.78, 5) is 15.9. The number of aryl methyl sites for hydroxylation is 1. The zero-order valence-electron chi connectivity index (χ0n) is 11.5. The highest BCUT2D eigenvalue weighted by Crippen LogP contribution is 2.21. The lowest BCUT2D eigenvalue weighted by molar-refractivity contribution is 0.0601. The summed E-state index contributed by atoms with van der Waals surface area (Å²) in [6, 6.07) is 1.34. The van der Waals surface area contributed by atoms with Crippen LogP contribution in [0.5, 0.6) is 0 Å². The first kappa shape index (κ1) is 13.8. The minimum absolute atomic E-state index is 0.179. The Morgan fingerprint density at radius 1 is 1.55 bits per heavy atom. The number of anilines is 2. The number of methoxy groups -OCH3 is 1. The van der Waals surface area contributed by atoms with Gasteiger partial charge in [-0.3, -0.25) is 0 Å². The first-order valence-electron chi connectivity index (χ1n) is 5.97. The molecule has 0 radical (unpaired) electrons. The number of nitrogens with one attached hydrogen (secondary N) is 1. The van der Waals surface area contributed by atoms with Crippen LogP contribution in [0.3, 0.4) is 0 Å². The summed E-state index contributed by atoms with van der Waals surface area (Å²) in [7, 11) is 3.15. The Morgan fingerprint density at radius 2 is 2.30 bits per heavy atom. The zero-order valence-corrected chi connectivity index (χ0v) is 11.5. The molecule has 2 aromatic rings. The Hall–Kier alpha value is -2.64. The number of nitrogen functional groups attached to an aromatic ring is 1. The summed E-state index contributed by atoms with van der Waals surface area (Å²) < 4.78 is 6.50. The molecule has 0 fully saturated rings. The fraction of sp³-hybridized carbons (Fsp3) is 0.333. The smallest absolute Gasteiger partial charge is 0.341 e. The summed E-state index contributed by atoms with van der Waals surface area (Å²) in [6.07, 6.45) is 3.07. The van der Waals surface area contributed by atoms with Gasteiger partial charge in [0, 0.05) is 7.05 Å². The molecule has 20 heavy (non-hydrogen) atoms. The highest BCUT2D eigenvalue weighted by atomic mass is 16.5. The van der Waals surface area contributed by atoms with Gasteiger partial charge in [-0.15, -0.1) is 10.2 Å². The maximum absolute atomic E-state index is 11.7. The molecule has 1 atom stereocenters. The molecule has 0 saturated carbocycles. The third-order valence-corrected chi connectivity index (χ3v) is 2.80. The topological polar surface area (TPSA) is 108 Å². The van der Waals surface area contributed by atoms with Crippen LogP contribution in [0, 0.1) is 0 Å². The summed E-state index contributed by atoms with van der Waals surface area (Å²) in [6.45, 7) is 1.89. The number of hydrogen-bond acceptors (Lipinski definition) is 7. The minimum Gasteiger partial charge on any atom is -0.465 e. The van der Waals surface area contributed by atoms with Gasteiger partial charge in [0.15, 0.2) is 5.82 Å². The molecular formula is C12H16N6O2. The molecule has 3 N–H and O–H groups in total. The Balaban J connectivity index is 2.29. The summed E-state index contributed by atoms with van der Waals surface area (Å²) in [5.74, 6) is 0.610. The van der Waals surface area contributed by atoms with E-state index in [1.807, 2.05) is 14.0 Å². The third kappa shape index (κ3) is 2.68. The van der Waals surface area contributed by atoms with Gasteiger partial charge in [0.05, 0.1) is 25.0 Å². The number of pyridine rings is 1. The number of hydrogen-bond donors (Lipinski definition) is 2. The van der Waals surface area contributed by atoms with Crippen LogP contribution < -0.4 is 11.1 Å². The monoisotopic (exact) mass is 276 g/mol. The molecule has 1 unspecified atom stereocenters. The summed E-state index contributed by atoms with van der Waals surface area (Å²) in [5, 5.41) is 10.9. The van der Waals surface area contributed by atoms with E-state index in [4.69, 9.17) is 10.5 Å². The molecule has 8 nitrogen and oxygen atoms in total. The van der Waals surface area contributed by atoms with Gasteiger partial charge in [-0.05, 0) is 13.0 Å². The summed E-state index contributed by atoms with van der Waals surface area (Å²) >= 11 is 0. The van der Waals surface area contributed by atoms with E-state index >= 15 is 0 Å². The van der Waals surface area contributed by atoms with Crippen molar-refractivity contribution in [3.63, 3.8) is 0 Å². The Morgan fingerprint density at radius 3 is 2.90 bits per heavy atom. The van der Waals surface area contributed by atoms with E-state index in [1.54, 1.807) is 10.9 Å². The number of carbonyl (C=O) groups excluding carboxylic acids is 1. The molecule has 0 aliphatic carbocycles. The lowest BCUT2D eigenvalue weighted by Gasteiger charge is -2.15. The van der Waals surface area contributed by atoms with Crippen molar-refractivity contribution in [2.75, 3.05) is 18.2 Å². The van der Waals surface area contributed by atoms with Crippen molar-refractivity contribution in [1.82, 2.24) is 19.7 Å². The molecule has 0 amide bonds. The van der Waals surface area contributed by atoms with E-state index in [9.17, 15) is 4.79 Å². The molecular weight excluding hydrogens is 260 g/mol. The van der Waals surface area contributed by atoms with E-state index in [1.165, 1.54) is 19.4 Å². The molecule has 0 aliphatic heterocycles. The van der Waals surface area contributed by atoms with Crippen molar-refractivity contribution >= 4 is 17.5 Å². The number of nitrogens with two attached hydrogens (primary N) is 1. The highest BCUT2D eigenvalue weighted by Gasteiger charge is 2.18. The maximum Gasteiger partial charge on any atom is 0.341 e. The predicted molar refractivity (Wildman–Crippen MR) is 73.0 cm³/mol. The second-order valence-corrected chi connectivity index (χ2v) is 4.32. The van der Waals surface area contributed by atoms with Crippen LogP contribution in [-0.2, 0) is 11.8 Å². The van der Waals surface area contributed by atoms with Gasteiger partial charge in [0.1, 0.15) is 17.7 Å². The highest BCUT2D eigenvalue weighted by molar-refractivity contribution is 5.95. The van der Waals surface area contributed by atoms with Crippen molar-refractivity contribution in [2.24, 2.45) is 7.05 Å². The van der Waals surface area contributed by atoms with Crippen molar-refractivity contribution in [3.8, 4) is 0 Å². The van der Waals surface area contributed by atoms with E-state index in [-0.39, 0.29) is 11.6 Å². The first-order chi connectivity index (χ1) is 9.52. The normalized spacial score (nSPS) is 11.9. The Kier molecular flexibility index (Phi) is 3.83. The molecule has 0 spiro atoms. The van der Waals surface area contributed by atoms with E-state index in [0.29, 0.717) is 11.5 Å². The van der Waals surface area contributed by atoms with Gasteiger partial charge in [-0.2, -0.15) is 0 Å². The first-order valence-corrected chi connectivity index (χ1v) is 5.97. The maximum atomic E-state index is 11.7. The molecule has 8 heteroatoms. The van der Waals surface area contributed by atoms with Crippen molar-refractivity contribution in [1.29, 1.82) is 0 Å². The molecule has 0 bridgehead atoms. The minimum atomic E-state index is -0.502. The average Bonchev–Trinajstić information content (AvgIpc) is 2.86. The van der Waals surface area contributed by atoms with E-state index in [0.717, 1.165) is 5.82 Å².